The number of benzene rings is 2. The first-order valence-corrected chi connectivity index (χ1v) is 8.67. The zero-order chi connectivity index (χ0) is 17.0. The van der Waals surface area contributed by atoms with E-state index < -0.39 is 0 Å². The lowest BCUT2D eigenvalue weighted by Gasteiger charge is -2.44. The summed E-state index contributed by atoms with van der Waals surface area (Å²) >= 11 is 0. The van der Waals surface area contributed by atoms with Crippen LogP contribution in [0.15, 0.2) is 48.5 Å². The SMILES string of the molecule is CCC1(CC)CN(CCOc2cccc(N)c2)c2ccccc2O1. The molecule has 1 aliphatic rings. The van der Waals surface area contributed by atoms with Crippen molar-refractivity contribution >= 4 is 11.4 Å². The van der Waals surface area contributed by atoms with Crippen LogP contribution in [-0.2, 0) is 0 Å². The van der Waals surface area contributed by atoms with Crippen LogP contribution in [-0.4, -0.2) is 25.3 Å². The van der Waals surface area contributed by atoms with Gasteiger partial charge < -0.3 is 20.1 Å². The third-order valence-corrected chi connectivity index (χ3v) is 4.79. The Hall–Kier alpha value is -2.36. The largest absolute Gasteiger partial charge is 0.492 e. The second-order valence-electron chi connectivity index (χ2n) is 6.30. The molecule has 0 saturated heterocycles. The van der Waals surface area contributed by atoms with Crippen LogP contribution >= 0.6 is 0 Å². The molecule has 1 heterocycles. The van der Waals surface area contributed by atoms with Crippen LogP contribution in [0.5, 0.6) is 11.5 Å². The number of fused-ring (bicyclic) bond motifs is 1. The Morgan fingerprint density at radius 1 is 1.12 bits per heavy atom. The number of nitrogens with two attached hydrogens (primary N) is 1. The van der Waals surface area contributed by atoms with E-state index in [2.05, 4.69) is 36.9 Å². The number of hydrogen-bond donors (Lipinski definition) is 1. The molecule has 4 nitrogen and oxygen atoms in total. The third-order valence-electron chi connectivity index (χ3n) is 4.79. The molecule has 0 amide bonds. The third kappa shape index (κ3) is 3.42. The van der Waals surface area contributed by atoms with Crippen LogP contribution in [0.2, 0.25) is 0 Å². The minimum atomic E-state index is -0.120. The molecule has 0 radical (unpaired) electrons. The van der Waals surface area contributed by atoms with Crippen LogP contribution in [0.3, 0.4) is 0 Å². The molecular formula is C20H26N2O2. The predicted octanol–water partition coefficient (Wildman–Crippen LogP) is 4.11. The summed E-state index contributed by atoms with van der Waals surface area (Å²) in [4.78, 5) is 2.37. The Morgan fingerprint density at radius 3 is 2.67 bits per heavy atom. The van der Waals surface area contributed by atoms with Crippen molar-refractivity contribution in [1.82, 2.24) is 0 Å². The van der Waals surface area contributed by atoms with Gasteiger partial charge in [0.25, 0.3) is 0 Å². The Balaban J connectivity index is 1.71. The first-order valence-electron chi connectivity index (χ1n) is 8.67. The van der Waals surface area contributed by atoms with Gasteiger partial charge in [-0.25, -0.2) is 0 Å². The number of ether oxygens (including phenoxy) is 2. The van der Waals surface area contributed by atoms with Crippen LogP contribution in [0, 0.1) is 0 Å². The molecule has 1 aliphatic heterocycles. The molecule has 2 N–H and O–H groups in total. The molecule has 3 rings (SSSR count). The van der Waals surface area contributed by atoms with E-state index in [-0.39, 0.29) is 5.60 Å². The summed E-state index contributed by atoms with van der Waals surface area (Å²) in [6.07, 6.45) is 1.98. The second kappa shape index (κ2) is 7.04. The highest BCUT2D eigenvalue weighted by Crippen LogP contribution is 2.39. The van der Waals surface area contributed by atoms with Crippen molar-refractivity contribution in [3.05, 3.63) is 48.5 Å². The van der Waals surface area contributed by atoms with Crippen molar-refractivity contribution in [3.63, 3.8) is 0 Å². The molecule has 0 saturated carbocycles. The number of nitrogen functional groups attached to an aromatic ring is 1. The van der Waals surface area contributed by atoms with Gasteiger partial charge in [0.15, 0.2) is 0 Å². The van der Waals surface area contributed by atoms with E-state index >= 15 is 0 Å². The molecule has 24 heavy (non-hydrogen) atoms. The van der Waals surface area contributed by atoms with Crippen molar-refractivity contribution < 1.29 is 9.47 Å². The van der Waals surface area contributed by atoms with Gasteiger partial charge in [-0.05, 0) is 37.1 Å². The molecule has 0 bridgehead atoms. The van der Waals surface area contributed by atoms with Crippen molar-refractivity contribution in [2.24, 2.45) is 0 Å². The topological polar surface area (TPSA) is 47.7 Å². The fourth-order valence-electron chi connectivity index (χ4n) is 3.20. The molecule has 2 aromatic rings. The van der Waals surface area contributed by atoms with Gasteiger partial charge in [0.1, 0.15) is 23.7 Å². The summed E-state index contributed by atoms with van der Waals surface area (Å²) in [5.74, 6) is 1.78. The van der Waals surface area contributed by atoms with Gasteiger partial charge in [-0.3, -0.25) is 0 Å². The van der Waals surface area contributed by atoms with Crippen molar-refractivity contribution in [2.45, 2.75) is 32.3 Å². The summed E-state index contributed by atoms with van der Waals surface area (Å²) in [6.45, 7) is 6.70. The van der Waals surface area contributed by atoms with E-state index in [4.69, 9.17) is 15.2 Å². The molecule has 0 aliphatic carbocycles. The summed E-state index contributed by atoms with van der Waals surface area (Å²) in [5, 5.41) is 0. The van der Waals surface area contributed by atoms with E-state index in [9.17, 15) is 0 Å². The number of rotatable bonds is 6. The Kier molecular flexibility index (Phi) is 4.84. The van der Waals surface area contributed by atoms with Gasteiger partial charge in [0.05, 0.1) is 18.8 Å². The summed E-state index contributed by atoms with van der Waals surface area (Å²) < 4.78 is 12.2. The Labute approximate surface area is 144 Å². The summed E-state index contributed by atoms with van der Waals surface area (Å²) in [7, 11) is 0. The number of nitrogens with zero attached hydrogens (tertiary/aromatic N) is 1. The Morgan fingerprint density at radius 2 is 1.92 bits per heavy atom. The predicted molar refractivity (Wildman–Crippen MR) is 98.9 cm³/mol. The summed E-state index contributed by atoms with van der Waals surface area (Å²) in [5.41, 5.74) is 7.55. The van der Waals surface area contributed by atoms with Gasteiger partial charge in [0.2, 0.25) is 0 Å². The molecule has 4 heteroatoms. The lowest BCUT2D eigenvalue weighted by atomic mass is 9.94. The maximum atomic E-state index is 6.33. The van der Waals surface area contributed by atoms with Crippen molar-refractivity contribution in [1.29, 1.82) is 0 Å². The van der Waals surface area contributed by atoms with E-state index in [0.29, 0.717) is 6.61 Å². The average molecular weight is 326 g/mol. The number of para-hydroxylation sites is 2. The highest BCUT2D eigenvalue weighted by atomic mass is 16.5. The normalized spacial score (nSPS) is 15.5. The number of anilines is 2. The highest BCUT2D eigenvalue weighted by Gasteiger charge is 2.36. The quantitative estimate of drug-likeness (QED) is 0.812. The molecule has 128 valence electrons. The molecule has 0 spiro atoms. The zero-order valence-corrected chi connectivity index (χ0v) is 14.5. The zero-order valence-electron chi connectivity index (χ0n) is 14.5. The minimum Gasteiger partial charge on any atom is -0.492 e. The lowest BCUT2D eigenvalue weighted by Crippen LogP contribution is -2.51. The Bertz CT molecular complexity index is 683. The van der Waals surface area contributed by atoms with E-state index in [1.807, 2.05) is 30.3 Å². The maximum Gasteiger partial charge on any atom is 0.143 e. The van der Waals surface area contributed by atoms with Crippen LogP contribution in [0.1, 0.15) is 26.7 Å². The van der Waals surface area contributed by atoms with Gasteiger partial charge in [-0.1, -0.05) is 32.0 Å². The smallest absolute Gasteiger partial charge is 0.143 e. The average Bonchev–Trinajstić information content (AvgIpc) is 2.61. The minimum absolute atomic E-state index is 0.120. The molecule has 2 aromatic carbocycles. The van der Waals surface area contributed by atoms with Crippen molar-refractivity contribution in [3.8, 4) is 11.5 Å². The lowest BCUT2D eigenvalue weighted by molar-refractivity contribution is 0.0567. The van der Waals surface area contributed by atoms with Crippen LogP contribution in [0.4, 0.5) is 11.4 Å². The first-order chi connectivity index (χ1) is 11.7. The van der Waals surface area contributed by atoms with Gasteiger partial charge in [0, 0.05) is 11.8 Å². The van der Waals surface area contributed by atoms with E-state index in [1.165, 1.54) is 0 Å². The molecule has 0 atom stereocenters. The summed E-state index contributed by atoms with van der Waals surface area (Å²) in [6, 6.07) is 15.8. The van der Waals surface area contributed by atoms with E-state index in [0.717, 1.165) is 48.8 Å². The fraction of sp³-hybridized carbons (Fsp3) is 0.400. The first kappa shape index (κ1) is 16.5. The molecule has 0 aromatic heterocycles. The van der Waals surface area contributed by atoms with Crippen molar-refractivity contribution in [2.75, 3.05) is 30.3 Å². The number of hydrogen-bond acceptors (Lipinski definition) is 4. The van der Waals surface area contributed by atoms with Gasteiger partial charge >= 0.3 is 0 Å². The fourth-order valence-corrected chi connectivity index (χ4v) is 3.20. The molecule has 0 unspecified atom stereocenters. The van der Waals surface area contributed by atoms with E-state index in [1.54, 1.807) is 0 Å². The highest BCUT2D eigenvalue weighted by molar-refractivity contribution is 5.60. The standard InChI is InChI=1S/C20H26N2O2/c1-3-20(4-2)15-22(18-10-5-6-11-19(18)24-20)12-13-23-17-9-7-8-16(21)14-17/h5-11,14H,3-4,12-13,15,21H2,1-2H3. The molecular weight excluding hydrogens is 300 g/mol. The monoisotopic (exact) mass is 326 g/mol. The second-order valence-corrected chi connectivity index (χ2v) is 6.30. The van der Waals surface area contributed by atoms with Crippen LogP contribution < -0.4 is 20.1 Å². The van der Waals surface area contributed by atoms with Crippen LogP contribution in [0.25, 0.3) is 0 Å². The maximum absolute atomic E-state index is 6.33. The van der Waals surface area contributed by atoms with Gasteiger partial charge in [-0.2, -0.15) is 0 Å². The van der Waals surface area contributed by atoms with Gasteiger partial charge in [-0.15, -0.1) is 0 Å². The molecule has 0 fully saturated rings.